The maximum absolute atomic E-state index is 5.79. The molecule has 0 saturated heterocycles. The molecule has 0 radical (unpaired) electrons. The summed E-state index contributed by atoms with van der Waals surface area (Å²) in [5.74, 6) is 1.71. The first kappa shape index (κ1) is 12.2. The molecule has 3 nitrogen and oxygen atoms in total. The Morgan fingerprint density at radius 3 is 2.71 bits per heavy atom. The van der Waals surface area contributed by atoms with Gasteiger partial charge >= 0.3 is 0 Å². The van der Waals surface area contributed by atoms with Crippen molar-refractivity contribution in [2.45, 2.75) is 6.92 Å². The molecule has 1 N–H and O–H groups in total. The zero-order valence-electron chi connectivity index (χ0n) is 11.9. The number of hydrogen-bond acceptors (Lipinski definition) is 3. The van der Waals surface area contributed by atoms with Gasteiger partial charge in [-0.3, -0.25) is 4.99 Å². The average Bonchev–Trinajstić information content (AvgIpc) is 3.16. The summed E-state index contributed by atoms with van der Waals surface area (Å²) in [6.07, 6.45) is 1.81. The van der Waals surface area contributed by atoms with Gasteiger partial charge in [0.05, 0.1) is 12.8 Å². The quantitative estimate of drug-likeness (QED) is 0.774. The van der Waals surface area contributed by atoms with Gasteiger partial charge in [0.1, 0.15) is 0 Å². The fourth-order valence-electron chi connectivity index (χ4n) is 2.80. The van der Waals surface area contributed by atoms with E-state index in [9.17, 15) is 0 Å². The fourth-order valence-corrected chi connectivity index (χ4v) is 2.80. The summed E-state index contributed by atoms with van der Waals surface area (Å²) in [6.45, 7) is 3.79. The van der Waals surface area contributed by atoms with Gasteiger partial charge in [-0.05, 0) is 18.1 Å². The molecule has 1 aromatic heterocycles. The highest BCUT2D eigenvalue weighted by Crippen LogP contribution is 2.33. The minimum atomic E-state index is 0.810. The molecule has 104 valence electrons. The Morgan fingerprint density at radius 1 is 1.10 bits per heavy atom. The van der Waals surface area contributed by atoms with Crippen molar-refractivity contribution in [3.8, 4) is 11.1 Å². The van der Waals surface area contributed by atoms with E-state index in [4.69, 9.17) is 4.42 Å². The van der Waals surface area contributed by atoms with Crippen molar-refractivity contribution in [1.29, 1.82) is 0 Å². The first-order valence-corrected chi connectivity index (χ1v) is 7.19. The van der Waals surface area contributed by atoms with Crippen molar-refractivity contribution in [3.63, 3.8) is 0 Å². The maximum Gasteiger partial charge on any atom is 0.176 e. The van der Waals surface area contributed by atoms with Crippen LogP contribution in [-0.4, -0.2) is 18.9 Å². The van der Waals surface area contributed by atoms with Crippen LogP contribution in [0.5, 0.6) is 0 Å². The van der Waals surface area contributed by atoms with Crippen molar-refractivity contribution in [1.82, 2.24) is 5.32 Å². The SMILES string of the molecule is Cc1ccc(-c2cccc3coc(C4=NCCN4)c23)cc1. The summed E-state index contributed by atoms with van der Waals surface area (Å²) in [4.78, 5) is 4.49. The number of fused-ring (bicyclic) bond motifs is 1. The van der Waals surface area contributed by atoms with Crippen molar-refractivity contribution in [2.24, 2.45) is 4.99 Å². The van der Waals surface area contributed by atoms with Crippen LogP contribution in [0.3, 0.4) is 0 Å². The van der Waals surface area contributed by atoms with Gasteiger partial charge in [-0.15, -0.1) is 0 Å². The van der Waals surface area contributed by atoms with E-state index in [1.54, 1.807) is 0 Å². The topological polar surface area (TPSA) is 37.5 Å². The number of hydrogen-bond donors (Lipinski definition) is 1. The van der Waals surface area contributed by atoms with E-state index in [1.165, 1.54) is 16.7 Å². The summed E-state index contributed by atoms with van der Waals surface area (Å²) in [7, 11) is 0. The van der Waals surface area contributed by atoms with Crippen LogP contribution in [-0.2, 0) is 0 Å². The molecule has 1 aliphatic heterocycles. The Hall–Kier alpha value is -2.55. The molecular formula is C18H16N2O. The third kappa shape index (κ3) is 2.02. The molecule has 1 aliphatic rings. The van der Waals surface area contributed by atoms with Crippen LogP contribution in [0.2, 0.25) is 0 Å². The Bertz CT molecular complexity index is 828. The molecule has 0 aliphatic carbocycles. The minimum Gasteiger partial charge on any atom is -0.460 e. The second-order valence-corrected chi connectivity index (χ2v) is 5.36. The lowest BCUT2D eigenvalue weighted by Gasteiger charge is -2.06. The van der Waals surface area contributed by atoms with E-state index >= 15 is 0 Å². The highest BCUT2D eigenvalue weighted by atomic mass is 16.3. The van der Waals surface area contributed by atoms with E-state index in [-0.39, 0.29) is 0 Å². The third-order valence-corrected chi connectivity index (χ3v) is 3.88. The highest BCUT2D eigenvalue weighted by molar-refractivity contribution is 6.12. The van der Waals surface area contributed by atoms with Crippen LogP contribution in [0.1, 0.15) is 11.3 Å². The van der Waals surface area contributed by atoms with E-state index in [2.05, 4.69) is 59.7 Å². The molecule has 4 rings (SSSR count). The Labute approximate surface area is 123 Å². The molecule has 0 amide bonds. The van der Waals surface area contributed by atoms with Crippen molar-refractivity contribution >= 4 is 16.6 Å². The van der Waals surface area contributed by atoms with Crippen LogP contribution < -0.4 is 5.32 Å². The lowest BCUT2D eigenvalue weighted by atomic mass is 9.98. The molecule has 0 spiro atoms. The lowest BCUT2D eigenvalue weighted by Crippen LogP contribution is -2.19. The summed E-state index contributed by atoms with van der Waals surface area (Å²) in [5.41, 5.74) is 3.65. The Morgan fingerprint density at radius 2 is 1.95 bits per heavy atom. The first-order chi connectivity index (χ1) is 10.3. The maximum atomic E-state index is 5.79. The molecule has 3 heteroatoms. The van der Waals surface area contributed by atoms with Crippen molar-refractivity contribution in [3.05, 3.63) is 60.1 Å². The molecule has 21 heavy (non-hydrogen) atoms. The summed E-state index contributed by atoms with van der Waals surface area (Å²) < 4.78 is 5.79. The fraction of sp³-hybridized carbons (Fsp3) is 0.167. The summed E-state index contributed by atoms with van der Waals surface area (Å²) >= 11 is 0. The van der Waals surface area contributed by atoms with Crippen LogP contribution in [0.4, 0.5) is 0 Å². The zero-order chi connectivity index (χ0) is 14.2. The van der Waals surface area contributed by atoms with Gasteiger partial charge < -0.3 is 9.73 Å². The predicted octanol–water partition coefficient (Wildman–Crippen LogP) is 3.76. The number of aliphatic imine (C=N–C) groups is 1. The molecule has 0 bridgehead atoms. The van der Waals surface area contributed by atoms with Crippen molar-refractivity contribution in [2.75, 3.05) is 13.1 Å². The lowest BCUT2D eigenvalue weighted by molar-refractivity contribution is 0.560. The van der Waals surface area contributed by atoms with E-state index in [0.717, 1.165) is 35.5 Å². The smallest absolute Gasteiger partial charge is 0.176 e. The van der Waals surface area contributed by atoms with Crippen LogP contribution in [0.15, 0.2) is 58.1 Å². The van der Waals surface area contributed by atoms with Crippen LogP contribution >= 0.6 is 0 Å². The summed E-state index contributed by atoms with van der Waals surface area (Å²) in [6, 6.07) is 14.9. The van der Waals surface area contributed by atoms with Gasteiger partial charge in [0.15, 0.2) is 11.6 Å². The van der Waals surface area contributed by atoms with Gasteiger partial charge in [-0.2, -0.15) is 0 Å². The number of nitrogens with one attached hydrogen (secondary N) is 1. The number of rotatable bonds is 2. The third-order valence-electron chi connectivity index (χ3n) is 3.88. The van der Waals surface area contributed by atoms with E-state index in [1.807, 2.05) is 6.26 Å². The molecule has 0 unspecified atom stereocenters. The molecule has 2 heterocycles. The number of aryl methyl sites for hydroxylation is 1. The molecule has 2 aromatic carbocycles. The van der Waals surface area contributed by atoms with Gasteiger partial charge in [0.2, 0.25) is 0 Å². The molecular weight excluding hydrogens is 260 g/mol. The molecule has 0 saturated carbocycles. The normalized spacial score (nSPS) is 14.2. The second kappa shape index (κ2) is 4.77. The summed E-state index contributed by atoms with van der Waals surface area (Å²) in [5, 5.41) is 5.54. The molecule has 3 aromatic rings. The average molecular weight is 276 g/mol. The highest BCUT2D eigenvalue weighted by Gasteiger charge is 2.18. The number of furan rings is 1. The largest absolute Gasteiger partial charge is 0.460 e. The second-order valence-electron chi connectivity index (χ2n) is 5.36. The number of amidine groups is 1. The molecule has 0 atom stereocenters. The van der Waals surface area contributed by atoms with Gasteiger partial charge in [-0.25, -0.2) is 0 Å². The van der Waals surface area contributed by atoms with Crippen LogP contribution in [0.25, 0.3) is 21.9 Å². The van der Waals surface area contributed by atoms with Gasteiger partial charge in [0.25, 0.3) is 0 Å². The monoisotopic (exact) mass is 276 g/mol. The Balaban J connectivity index is 1.96. The number of benzene rings is 2. The Kier molecular flexibility index (Phi) is 2.78. The van der Waals surface area contributed by atoms with E-state index in [0.29, 0.717) is 0 Å². The predicted molar refractivity (Wildman–Crippen MR) is 85.8 cm³/mol. The first-order valence-electron chi connectivity index (χ1n) is 7.19. The zero-order valence-corrected chi connectivity index (χ0v) is 11.9. The molecule has 0 fully saturated rings. The van der Waals surface area contributed by atoms with Gasteiger partial charge in [-0.1, -0.05) is 48.0 Å². The number of nitrogens with zero attached hydrogens (tertiary/aromatic N) is 1. The standard InChI is InChI=1S/C18H16N2O/c1-12-5-7-13(8-6-12)15-4-2-3-14-11-21-17(16(14)15)18-19-9-10-20-18/h2-8,11H,9-10H2,1H3,(H,19,20). The van der Waals surface area contributed by atoms with Crippen molar-refractivity contribution < 1.29 is 4.42 Å². The van der Waals surface area contributed by atoms with Crippen LogP contribution in [0, 0.1) is 6.92 Å². The minimum absolute atomic E-state index is 0.810. The van der Waals surface area contributed by atoms with E-state index < -0.39 is 0 Å². The van der Waals surface area contributed by atoms with Gasteiger partial charge in [0, 0.05) is 17.3 Å².